The summed E-state index contributed by atoms with van der Waals surface area (Å²) in [5, 5.41) is 3.23. The van der Waals surface area contributed by atoms with Gasteiger partial charge in [0.25, 0.3) is 0 Å². The molecule has 0 unspecified atom stereocenters. The van der Waals surface area contributed by atoms with Crippen molar-refractivity contribution in [2.24, 2.45) is 0 Å². The number of aldehydes is 1. The van der Waals surface area contributed by atoms with Crippen molar-refractivity contribution in [1.82, 2.24) is 4.31 Å². The van der Waals surface area contributed by atoms with Crippen LogP contribution in [0.2, 0.25) is 0 Å². The third-order valence-corrected chi connectivity index (χ3v) is 5.38. The van der Waals surface area contributed by atoms with Crippen LogP contribution in [0.4, 0.5) is 5.69 Å². The average molecular weight is 324 g/mol. The second-order valence-corrected chi connectivity index (χ2v) is 7.14. The van der Waals surface area contributed by atoms with Crippen molar-refractivity contribution in [1.29, 1.82) is 0 Å². The zero-order valence-electron chi connectivity index (χ0n) is 13.4. The Kier molecular flexibility index (Phi) is 7.27. The number of benzene rings is 1. The second-order valence-electron chi connectivity index (χ2n) is 4.89. The molecule has 0 aliphatic heterocycles. The first-order valence-electron chi connectivity index (χ1n) is 7.38. The highest BCUT2D eigenvalue weighted by Crippen LogP contribution is 2.16. The smallest absolute Gasteiger partial charge is 0.213 e. The predicted octanol–water partition coefficient (Wildman–Crippen LogP) is 2.29. The lowest BCUT2D eigenvalue weighted by Crippen LogP contribution is -2.35. The first-order chi connectivity index (χ1) is 10.4. The Morgan fingerprint density at radius 2 is 2.00 bits per heavy atom. The van der Waals surface area contributed by atoms with Crippen LogP contribution in [0.3, 0.4) is 0 Å². The number of likely N-dealkylation sites (N-methyl/N-ethyl adjacent to an activating group) is 1. The lowest BCUT2D eigenvalue weighted by atomic mass is 10.1. The summed E-state index contributed by atoms with van der Waals surface area (Å²) in [4.78, 5) is 10.3. The first kappa shape index (κ1) is 18.4. The van der Waals surface area contributed by atoms with Gasteiger partial charge in [0.2, 0.25) is 10.0 Å². The highest BCUT2D eigenvalue weighted by molar-refractivity contribution is 7.89. The van der Waals surface area contributed by atoms with Crippen LogP contribution in [0.5, 0.6) is 0 Å². The quantitative estimate of drug-likeness (QED) is 0.559. The normalized spacial score (nSPS) is 12.0. The van der Waals surface area contributed by atoms with E-state index in [4.69, 9.17) is 0 Å². The van der Waals surface area contributed by atoms with Crippen molar-refractivity contribution in [3.8, 4) is 0 Å². The first-order valence-corrected chi connectivity index (χ1v) is 8.99. The molecule has 0 saturated heterocycles. The molecule has 0 aromatic heterocycles. The van der Waals surface area contributed by atoms with Crippen LogP contribution in [0.1, 0.15) is 25.0 Å². The second kappa shape index (κ2) is 8.70. The molecule has 0 spiro atoms. The summed E-state index contributed by atoms with van der Waals surface area (Å²) in [5.74, 6) is 0.123. The minimum absolute atomic E-state index is 0.123. The summed E-state index contributed by atoms with van der Waals surface area (Å²) in [6, 6.07) is 5.83. The van der Waals surface area contributed by atoms with E-state index in [1.807, 2.05) is 32.0 Å². The summed E-state index contributed by atoms with van der Waals surface area (Å²) < 4.78 is 25.1. The molecule has 0 fully saturated rings. The SMILES string of the molecule is CCN(CCNc1ccc(C=CC=O)c(C)c1)S(=O)(=O)CC. The Bertz CT molecular complexity index is 624. The molecule has 0 saturated carbocycles. The van der Waals surface area contributed by atoms with E-state index in [9.17, 15) is 13.2 Å². The Labute approximate surface area is 133 Å². The Morgan fingerprint density at radius 3 is 2.55 bits per heavy atom. The van der Waals surface area contributed by atoms with Crippen LogP contribution in [0, 0.1) is 6.92 Å². The molecule has 0 amide bonds. The molecule has 0 aliphatic carbocycles. The number of allylic oxidation sites excluding steroid dienone is 1. The van der Waals surface area contributed by atoms with Gasteiger partial charge < -0.3 is 5.32 Å². The molecule has 1 aromatic carbocycles. The number of anilines is 1. The highest BCUT2D eigenvalue weighted by atomic mass is 32.2. The van der Waals surface area contributed by atoms with E-state index in [1.54, 1.807) is 13.0 Å². The average Bonchev–Trinajstić information content (AvgIpc) is 2.50. The summed E-state index contributed by atoms with van der Waals surface area (Å²) in [7, 11) is -3.14. The number of nitrogens with one attached hydrogen (secondary N) is 1. The number of rotatable bonds is 9. The fourth-order valence-electron chi connectivity index (χ4n) is 2.12. The van der Waals surface area contributed by atoms with Gasteiger partial charge in [-0.15, -0.1) is 0 Å². The maximum absolute atomic E-state index is 11.8. The highest BCUT2D eigenvalue weighted by Gasteiger charge is 2.17. The van der Waals surface area contributed by atoms with E-state index < -0.39 is 10.0 Å². The van der Waals surface area contributed by atoms with Gasteiger partial charge in [0.15, 0.2) is 0 Å². The molecule has 0 atom stereocenters. The number of sulfonamides is 1. The van der Waals surface area contributed by atoms with Crippen LogP contribution < -0.4 is 5.32 Å². The summed E-state index contributed by atoms with van der Waals surface area (Å²) in [6.45, 7) is 6.93. The summed E-state index contributed by atoms with van der Waals surface area (Å²) in [5.41, 5.74) is 2.98. The van der Waals surface area contributed by atoms with Gasteiger partial charge in [-0.3, -0.25) is 4.79 Å². The van der Waals surface area contributed by atoms with Gasteiger partial charge in [-0.05, 0) is 43.2 Å². The third-order valence-electron chi connectivity index (χ3n) is 3.43. The molecule has 0 aliphatic rings. The van der Waals surface area contributed by atoms with Gasteiger partial charge in [-0.25, -0.2) is 12.7 Å². The van der Waals surface area contributed by atoms with Crippen molar-refractivity contribution in [3.05, 3.63) is 35.4 Å². The summed E-state index contributed by atoms with van der Waals surface area (Å²) >= 11 is 0. The van der Waals surface area contributed by atoms with Crippen LogP contribution in [0.25, 0.3) is 6.08 Å². The molecule has 0 bridgehead atoms. The summed E-state index contributed by atoms with van der Waals surface area (Å²) in [6.07, 6.45) is 3.97. The van der Waals surface area contributed by atoms with Gasteiger partial charge >= 0.3 is 0 Å². The van der Waals surface area contributed by atoms with Gasteiger partial charge in [0.05, 0.1) is 5.75 Å². The molecule has 6 heteroatoms. The lowest BCUT2D eigenvalue weighted by molar-refractivity contribution is -0.104. The van der Waals surface area contributed by atoms with E-state index in [-0.39, 0.29) is 5.75 Å². The van der Waals surface area contributed by atoms with Gasteiger partial charge in [-0.2, -0.15) is 0 Å². The van der Waals surface area contributed by atoms with E-state index in [0.717, 1.165) is 23.1 Å². The number of hydrogen-bond donors (Lipinski definition) is 1. The standard InChI is InChI=1S/C16H24N2O3S/c1-4-18(22(20,21)5-2)11-10-17-16-9-8-15(7-6-12-19)14(3)13-16/h6-9,12-13,17H,4-5,10-11H2,1-3H3. The van der Waals surface area contributed by atoms with Crippen molar-refractivity contribution < 1.29 is 13.2 Å². The third kappa shape index (κ3) is 5.27. The molecule has 0 radical (unpaired) electrons. The maximum atomic E-state index is 11.8. The number of aryl methyl sites for hydroxylation is 1. The molecular formula is C16H24N2O3S. The maximum Gasteiger partial charge on any atom is 0.213 e. The molecular weight excluding hydrogens is 300 g/mol. The molecule has 1 rings (SSSR count). The van der Waals surface area contributed by atoms with Crippen molar-refractivity contribution in [3.63, 3.8) is 0 Å². The van der Waals surface area contributed by atoms with Crippen LogP contribution in [0.15, 0.2) is 24.3 Å². The van der Waals surface area contributed by atoms with Crippen molar-refractivity contribution in [2.45, 2.75) is 20.8 Å². The number of carbonyl (C=O) groups excluding carboxylic acids is 1. The molecule has 5 nitrogen and oxygen atoms in total. The molecule has 1 aromatic rings. The predicted molar refractivity (Wildman–Crippen MR) is 91.5 cm³/mol. The zero-order valence-corrected chi connectivity index (χ0v) is 14.2. The molecule has 22 heavy (non-hydrogen) atoms. The Balaban J connectivity index is 2.63. The fraction of sp³-hybridized carbons (Fsp3) is 0.438. The van der Waals surface area contributed by atoms with E-state index in [2.05, 4.69) is 5.32 Å². The van der Waals surface area contributed by atoms with Crippen molar-refractivity contribution >= 4 is 28.1 Å². The zero-order chi connectivity index (χ0) is 16.6. The van der Waals surface area contributed by atoms with Gasteiger partial charge in [-0.1, -0.05) is 19.1 Å². The number of nitrogens with zero attached hydrogens (tertiary/aromatic N) is 1. The fourth-order valence-corrected chi connectivity index (χ4v) is 3.25. The minimum atomic E-state index is -3.14. The van der Waals surface area contributed by atoms with Gasteiger partial charge in [0, 0.05) is 25.3 Å². The monoisotopic (exact) mass is 324 g/mol. The van der Waals surface area contributed by atoms with E-state index in [0.29, 0.717) is 19.6 Å². The number of hydrogen-bond acceptors (Lipinski definition) is 4. The van der Waals surface area contributed by atoms with Crippen LogP contribution >= 0.6 is 0 Å². The minimum Gasteiger partial charge on any atom is -0.384 e. The Hall–Kier alpha value is -1.66. The molecule has 122 valence electrons. The van der Waals surface area contributed by atoms with E-state index >= 15 is 0 Å². The molecule has 1 N–H and O–H groups in total. The topological polar surface area (TPSA) is 66.5 Å². The van der Waals surface area contributed by atoms with Gasteiger partial charge in [0.1, 0.15) is 6.29 Å². The number of carbonyl (C=O) groups is 1. The largest absolute Gasteiger partial charge is 0.384 e. The molecule has 0 heterocycles. The lowest BCUT2D eigenvalue weighted by Gasteiger charge is -2.20. The van der Waals surface area contributed by atoms with Crippen LogP contribution in [-0.2, 0) is 14.8 Å². The van der Waals surface area contributed by atoms with Crippen LogP contribution in [-0.4, -0.2) is 44.4 Å². The Morgan fingerprint density at radius 1 is 1.27 bits per heavy atom. The van der Waals surface area contributed by atoms with Crippen molar-refractivity contribution in [2.75, 3.05) is 30.7 Å². The van der Waals surface area contributed by atoms with E-state index in [1.165, 1.54) is 10.4 Å².